The Bertz CT molecular complexity index is 1120. The molecule has 2 aliphatic rings. The lowest BCUT2D eigenvalue weighted by Gasteiger charge is -2.52. The van der Waals surface area contributed by atoms with Crippen LogP contribution in [0.15, 0.2) is 71.7 Å². The average Bonchev–Trinajstić information content (AvgIpc) is 3.06. The predicted molar refractivity (Wildman–Crippen MR) is 122 cm³/mol. The summed E-state index contributed by atoms with van der Waals surface area (Å²) in [6.45, 7) is 5.35. The quantitative estimate of drug-likeness (QED) is 0.285. The second kappa shape index (κ2) is 8.23. The van der Waals surface area contributed by atoms with Gasteiger partial charge < -0.3 is 10.0 Å². The number of nitrogens with zero attached hydrogens (tertiary/aromatic N) is 3. The highest BCUT2D eigenvalue weighted by Crippen LogP contribution is 2.51. The lowest BCUT2D eigenvalue weighted by atomic mass is 9.80. The molecule has 2 heterocycles. The fourth-order valence-corrected chi connectivity index (χ4v) is 5.64. The Kier molecular flexibility index (Phi) is 5.60. The summed E-state index contributed by atoms with van der Waals surface area (Å²) in [5.74, 6) is -1.50. The Morgan fingerprint density at radius 1 is 1.25 bits per heavy atom. The van der Waals surface area contributed by atoms with Crippen LogP contribution in [0.5, 0.6) is 0 Å². The summed E-state index contributed by atoms with van der Waals surface area (Å²) >= 11 is 1.40. The fraction of sp³-hybridized carbons (Fsp3) is 0.261. The highest BCUT2D eigenvalue weighted by molar-refractivity contribution is 8.15. The number of hydrogen-bond donors (Lipinski definition) is 1. The molecule has 0 aliphatic carbocycles. The van der Waals surface area contributed by atoms with Crippen LogP contribution in [-0.2, 0) is 22.4 Å². The number of aliphatic imine (C=N–C) groups is 1. The number of carboxylic acids is 1. The van der Waals surface area contributed by atoms with Crippen LogP contribution in [0.4, 0.5) is 5.69 Å². The van der Waals surface area contributed by atoms with Gasteiger partial charge in [-0.15, -0.1) is 0 Å². The number of hydrogen-bond acceptors (Lipinski definition) is 6. The van der Waals surface area contributed by atoms with E-state index in [1.807, 2.05) is 30.3 Å². The van der Waals surface area contributed by atoms with Crippen LogP contribution < -0.4 is 0 Å². The first-order valence-electron chi connectivity index (χ1n) is 9.96. The van der Waals surface area contributed by atoms with E-state index in [2.05, 4.69) is 6.58 Å². The molecule has 8 nitrogen and oxygen atoms in total. The number of benzene rings is 2. The predicted octanol–water partition coefficient (Wildman–Crippen LogP) is 3.46. The lowest BCUT2D eigenvalue weighted by Crippen LogP contribution is -2.74. The molecule has 3 atom stereocenters. The van der Waals surface area contributed by atoms with Crippen molar-refractivity contribution < 1.29 is 19.6 Å². The highest BCUT2D eigenvalue weighted by Gasteiger charge is 2.67. The molecule has 2 aliphatic heterocycles. The zero-order valence-corrected chi connectivity index (χ0v) is 18.1. The number of carbonyl (C=O) groups excluding carboxylic acids is 1. The van der Waals surface area contributed by atoms with Gasteiger partial charge in [0.15, 0.2) is 11.6 Å². The number of rotatable bonds is 8. The van der Waals surface area contributed by atoms with Crippen molar-refractivity contribution >= 4 is 34.4 Å². The molecule has 9 heteroatoms. The molecule has 0 spiro atoms. The number of fused-ring (bicyclic) bond motifs is 1. The fourth-order valence-electron chi connectivity index (χ4n) is 4.16. The Hall–Kier alpha value is -3.46. The standard InChI is InChI=1S/C23H21N3O5S/c1-14(2)19(20(27)28)25-21(29)23(13-16-8-10-17(11-9-16)26(30)31)22(25)32-18(24-23)12-15-6-4-3-5-7-15/h3-11,19,22H,1,12-13H2,2H3,(H,27,28). The molecule has 1 saturated heterocycles. The van der Waals surface area contributed by atoms with Crippen LogP contribution >= 0.6 is 11.8 Å². The third kappa shape index (κ3) is 3.69. The van der Waals surface area contributed by atoms with Crippen molar-refractivity contribution in [3.05, 3.63) is 88.0 Å². The van der Waals surface area contributed by atoms with E-state index in [1.165, 1.54) is 28.8 Å². The minimum atomic E-state index is -1.13. The van der Waals surface area contributed by atoms with E-state index >= 15 is 0 Å². The summed E-state index contributed by atoms with van der Waals surface area (Å²) < 4.78 is 0. The number of non-ortho nitro benzene ring substituents is 1. The number of β-lactam (4-membered cyclic amide) rings is 1. The molecule has 32 heavy (non-hydrogen) atoms. The molecule has 2 aromatic carbocycles. The van der Waals surface area contributed by atoms with E-state index in [9.17, 15) is 24.8 Å². The second-order valence-electron chi connectivity index (χ2n) is 7.96. The van der Waals surface area contributed by atoms with Gasteiger partial charge in [-0.3, -0.25) is 19.9 Å². The van der Waals surface area contributed by atoms with Crippen molar-refractivity contribution in [3.63, 3.8) is 0 Å². The zero-order chi connectivity index (χ0) is 23.0. The van der Waals surface area contributed by atoms with Crippen molar-refractivity contribution in [1.82, 2.24) is 4.90 Å². The minimum Gasteiger partial charge on any atom is -0.479 e. The number of thioether (sulfide) groups is 1. The van der Waals surface area contributed by atoms with Crippen molar-refractivity contribution in [3.8, 4) is 0 Å². The Labute approximate surface area is 188 Å². The number of likely N-dealkylation sites (tertiary alicyclic amines) is 1. The largest absolute Gasteiger partial charge is 0.479 e. The Morgan fingerprint density at radius 3 is 2.47 bits per heavy atom. The highest BCUT2D eigenvalue weighted by atomic mass is 32.2. The van der Waals surface area contributed by atoms with E-state index in [0.717, 1.165) is 16.2 Å². The van der Waals surface area contributed by atoms with E-state index in [-0.39, 0.29) is 18.0 Å². The number of nitro groups is 1. The lowest BCUT2D eigenvalue weighted by molar-refractivity contribution is -0.384. The number of amides is 1. The summed E-state index contributed by atoms with van der Waals surface area (Å²) in [6.07, 6.45) is 0.773. The molecule has 1 N–H and O–H groups in total. The molecule has 0 aromatic heterocycles. The van der Waals surface area contributed by atoms with Crippen molar-refractivity contribution in [1.29, 1.82) is 0 Å². The Morgan fingerprint density at radius 2 is 1.91 bits per heavy atom. The van der Waals surface area contributed by atoms with Crippen LogP contribution in [0.2, 0.25) is 0 Å². The normalized spacial score (nSPS) is 22.5. The zero-order valence-electron chi connectivity index (χ0n) is 17.3. The van der Waals surface area contributed by atoms with Crippen LogP contribution in [0.1, 0.15) is 18.1 Å². The van der Waals surface area contributed by atoms with Crippen LogP contribution in [0, 0.1) is 10.1 Å². The molecule has 1 amide bonds. The van der Waals surface area contributed by atoms with E-state index < -0.39 is 27.8 Å². The number of carbonyl (C=O) groups is 2. The molecular weight excluding hydrogens is 430 g/mol. The molecule has 4 rings (SSSR count). The van der Waals surface area contributed by atoms with Gasteiger partial charge in [-0.05, 0) is 23.6 Å². The minimum absolute atomic E-state index is 0.0355. The van der Waals surface area contributed by atoms with Gasteiger partial charge in [-0.2, -0.15) is 0 Å². The van der Waals surface area contributed by atoms with Gasteiger partial charge in [-0.25, -0.2) is 4.79 Å². The van der Waals surface area contributed by atoms with Gasteiger partial charge in [0.1, 0.15) is 5.37 Å². The van der Waals surface area contributed by atoms with Gasteiger partial charge in [0.25, 0.3) is 11.6 Å². The summed E-state index contributed by atoms with van der Waals surface area (Å²) in [5, 5.41) is 20.9. The van der Waals surface area contributed by atoms with Crippen LogP contribution in [0.25, 0.3) is 0 Å². The summed E-state index contributed by atoms with van der Waals surface area (Å²) in [6, 6.07) is 14.6. The second-order valence-corrected chi connectivity index (χ2v) is 9.12. The molecule has 0 saturated carbocycles. The van der Waals surface area contributed by atoms with Gasteiger partial charge in [0.05, 0.1) is 9.97 Å². The summed E-state index contributed by atoms with van der Waals surface area (Å²) in [4.78, 5) is 41.9. The smallest absolute Gasteiger partial charge is 0.330 e. The summed E-state index contributed by atoms with van der Waals surface area (Å²) in [5.41, 5.74) is 0.965. The maximum atomic E-state index is 13.4. The molecule has 1 fully saturated rings. The van der Waals surface area contributed by atoms with Gasteiger partial charge in [-0.1, -0.05) is 60.8 Å². The molecule has 0 radical (unpaired) electrons. The first-order valence-corrected chi connectivity index (χ1v) is 10.8. The van der Waals surface area contributed by atoms with Gasteiger partial charge in [0, 0.05) is 25.0 Å². The number of aliphatic carboxylic acids is 1. The van der Waals surface area contributed by atoms with Crippen LogP contribution in [-0.4, -0.2) is 48.8 Å². The first-order chi connectivity index (χ1) is 15.2. The van der Waals surface area contributed by atoms with Crippen LogP contribution in [0.3, 0.4) is 0 Å². The topological polar surface area (TPSA) is 113 Å². The monoisotopic (exact) mass is 451 g/mol. The summed E-state index contributed by atoms with van der Waals surface area (Å²) in [7, 11) is 0. The SMILES string of the molecule is C=C(C)C(C(=O)O)N1C(=O)C2(Cc3ccc([N+](=O)[O-])cc3)N=C(Cc3ccccc3)SC12. The van der Waals surface area contributed by atoms with E-state index in [0.29, 0.717) is 12.0 Å². The average molecular weight is 452 g/mol. The molecule has 3 unspecified atom stereocenters. The Balaban J connectivity index is 1.67. The van der Waals surface area contributed by atoms with E-state index in [4.69, 9.17) is 4.99 Å². The first kappa shape index (κ1) is 21.8. The number of carboxylic acid groups (broad SMARTS) is 1. The maximum Gasteiger partial charge on any atom is 0.330 e. The molecular formula is C23H21N3O5S. The molecule has 164 valence electrons. The third-order valence-corrected chi connectivity index (χ3v) is 6.98. The molecule has 2 aromatic rings. The third-order valence-electron chi connectivity index (χ3n) is 5.64. The molecule has 0 bridgehead atoms. The van der Waals surface area contributed by atoms with Gasteiger partial charge >= 0.3 is 5.97 Å². The van der Waals surface area contributed by atoms with Crippen molar-refractivity contribution in [2.75, 3.05) is 0 Å². The van der Waals surface area contributed by atoms with Crippen molar-refractivity contribution in [2.45, 2.75) is 36.7 Å². The number of nitro benzene ring substituents is 1. The maximum absolute atomic E-state index is 13.4. The van der Waals surface area contributed by atoms with Crippen molar-refractivity contribution in [2.24, 2.45) is 4.99 Å². The van der Waals surface area contributed by atoms with Gasteiger partial charge in [0.2, 0.25) is 0 Å². The van der Waals surface area contributed by atoms with E-state index in [1.54, 1.807) is 19.1 Å².